The molecule has 1 aliphatic rings. The molecular weight excluding hydrogens is 246 g/mol. The maximum absolute atomic E-state index is 13.7. The Morgan fingerprint density at radius 3 is 2.37 bits per heavy atom. The van der Waals surface area contributed by atoms with Gasteiger partial charge in [-0.3, -0.25) is 4.90 Å². The average Bonchev–Trinajstić information content (AvgIpc) is 2.33. The standard InChI is InChI=1S/C15H22F2N2/c1-11-5-7-19(8-6-12(2)18-11)10-13-3-4-14(16)9-15(13)17/h3-4,9,11-12,18H,5-8,10H2,1-2H3. The Labute approximate surface area is 113 Å². The smallest absolute Gasteiger partial charge is 0.130 e. The highest BCUT2D eigenvalue weighted by Crippen LogP contribution is 2.14. The van der Waals surface area contributed by atoms with Crippen molar-refractivity contribution in [3.05, 3.63) is 35.4 Å². The van der Waals surface area contributed by atoms with Crippen LogP contribution in [0.5, 0.6) is 0 Å². The van der Waals surface area contributed by atoms with Crippen molar-refractivity contribution in [2.24, 2.45) is 0 Å². The molecule has 4 heteroatoms. The van der Waals surface area contributed by atoms with Crippen molar-refractivity contribution < 1.29 is 8.78 Å². The summed E-state index contributed by atoms with van der Waals surface area (Å²) in [5, 5.41) is 3.53. The summed E-state index contributed by atoms with van der Waals surface area (Å²) in [6.45, 7) is 6.80. The molecule has 2 unspecified atom stereocenters. The summed E-state index contributed by atoms with van der Waals surface area (Å²) >= 11 is 0. The van der Waals surface area contributed by atoms with Crippen LogP contribution in [0.15, 0.2) is 18.2 Å². The Morgan fingerprint density at radius 1 is 1.16 bits per heavy atom. The maximum Gasteiger partial charge on any atom is 0.130 e. The van der Waals surface area contributed by atoms with Gasteiger partial charge in [0.1, 0.15) is 11.6 Å². The van der Waals surface area contributed by atoms with Crippen molar-refractivity contribution in [2.45, 2.75) is 45.3 Å². The zero-order chi connectivity index (χ0) is 13.8. The van der Waals surface area contributed by atoms with Gasteiger partial charge in [-0.15, -0.1) is 0 Å². The van der Waals surface area contributed by atoms with E-state index in [9.17, 15) is 8.78 Å². The molecule has 1 fully saturated rings. The number of hydrogen-bond donors (Lipinski definition) is 1. The largest absolute Gasteiger partial charge is 0.312 e. The fourth-order valence-corrected chi connectivity index (χ4v) is 2.57. The van der Waals surface area contributed by atoms with E-state index in [1.807, 2.05) is 0 Å². The van der Waals surface area contributed by atoms with E-state index in [0.717, 1.165) is 32.0 Å². The summed E-state index contributed by atoms with van der Waals surface area (Å²) in [7, 11) is 0. The van der Waals surface area contributed by atoms with E-state index in [-0.39, 0.29) is 0 Å². The van der Waals surface area contributed by atoms with Crippen LogP contribution in [0.1, 0.15) is 32.3 Å². The van der Waals surface area contributed by atoms with E-state index in [1.54, 1.807) is 6.07 Å². The van der Waals surface area contributed by atoms with Crippen LogP contribution in [-0.2, 0) is 6.54 Å². The van der Waals surface area contributed by atoms with Gasteiger partial charge in [0.25, 0.3) is 0 Å². The molecule has 0 aliphatic carbocycles. The molecule has 1 aromatic rings. The van der Waals surface area contributed by atoms with Crippen LogP contribution in [0.2, 0.25) is 0 Å². The molecule has 2 nitrogen and oxygen atoms in total. The minimum Gasteiger partial charge on any atom is -0.312 e. The van der Waals surface area contributed by atoms with Crippen LogP contribution in [0.3, 0.4) is 0 Å². The number of halogens is 2. The molecule has 2 atom stereocenters. The van der Waals surface area contributed by atoms with Gasteiger partial charge in [0.2, 0.25) is 0 Å². The second-order valence-electron chi connectivity index (χ2n) is 5.56. The van der Waals surface area contributed by atoms with Gasteiger partial charge in [-0.1, -0.05) is 6.07 Å². The van der Waals surface area contributed by atoms with E-state index >= 15 is 0 Å². The summed E-state index contributed by atoms with van der Waals surface area (Å²) < 4.78 is 26.5. The zero-order valence-corrected chi connectivity index (χ0v) is 11.6. The molecule has 0 amide bonds. The van der Waals surface area contributed by atoms with Gasteiger partial charge >= 0.3 is 0 Å². The van der Waals surface area contributed by atoms with E-state index in [1.165, 1.54) is 6.07 Å². The monoisotopic (exact) mass is 268 g/mol. The lowest BCUT2D eigenvalue weighted by Crippen LogP contribution is -2.42. The minimum absolute atomic E-state index is 0.443. The van der Waals surface area contributed by atoms with Gasteiger partial charge in [-0.25, -0.2) is 8.78 Å². The highest BCUT2D eigenvalue weighted by Gasteiger charge is 2.17. The van der Waals surface area contributed by atoms with Crippen LogP contribution in [0.25, 0.3) is 0 Å². The van der Waals surface area contributed by atoms with Crippen LogP contribution >= 0.6 is 0 Å². The highest BCUT2D eigenvalue weighted by atomic mass is 19.1. The lowest BCUT2D eigenvalue weighted by molar-refractivity contribution is 0.210. The molecule has 0 spiro atoms. The molecule has 1 heterocycles. The number of nitrogens with zero attached hydrogens (tertiary/aromatic N) is 1. The van der Waals surface area contributed by atoms with Crippen molar-refractivity contribution in [3.8, 4) is 0 Å². The number of nitrogens with one attached hydrogen (secondary N) is 1. The van der Waals surface area contributed by atoms with E-state index in [4.69, 9.17) is 0 Å². The third-order valence-electron chi connectivity index (χ3n) is 3.73. The fourth-order valence-electron chi connectivity index (χ4n) is 2.57. The lowest BCUT2D eigenvalue weighted by atomic mass is 10.1. The molecule has 1 N–H and O–H groups in total. The molecule has 2 rings (SSSR count). The second kappa shape index (κ2) is 6.44. The van der Waals surface area contributed by atoms with Crippen LogP contribution in [0, 0.1) is 11.6 Å². The average molecular weight is 268 g/mol. The van der Waals surface area contributed by atoms with Crippen molar-refractivity contribution in [1.29, 1.82) is 0 Å². The highest BCUT2D eigenvalue weighted by molar-refractivity contribution is 5.18. The molecule has 0 radical (unpaired) electrons. The third kappa shape index (κ3) is 4.25. The Kier molecular flexibility index (Phi) is 4.88. The minimum atomic E-state index is -0.514. The summed E-state index contributed by atoms with van der Waals surface area (Å²) in [6, 6.07) is 4.81. The Bertz CT molecular complexity index is 411. The number of hydrogen-bond acceptors (Lipinski definition) is 2. The van der Waals surface area contributed by atoms with Crippen molar-refractivity contribution in [3.63, 3.8) is 0 Å². The number of rotatable bonds is 2. The van der Waals surface area contributed by atoms with Crippen LogP contribution < -0.4 is 5.32 Å². The first-order valence-electron chi connectivity index (χ1n) is 6.97. The summed E-state index contributed by atoms with van der Waals surface area (Å²) in [5.74, 6) is -0.957. The van der Waals surface area contributed by atoms with Crippen LogP contribution in [0.4, 0.5) is 8.78 Å². The number of benzene rings is 1. The summed E-state index contributed by atoms with van der Waals surface area (Å²) in [4.78, 5) is 2.25. The molecule has 106 valence electrons. The van der Waals surface area contributed by atoms with Gasteiger partial charge in [0.05, 0.1) is 0 Å². The van der Waals surface area contributed by atoms with E-state index < -0.39 is 11.6 Å². The maximum atomic E-state index is 13.7. The summed E-state index contributed by atoms with van der Waals surface area (Å²) in [5.41, 5.74) is 0.579. The summed E-state index contributed by atoms with van der Waals surface area (Å²) in [6.07, 6.45) is 2.10. The molecule has 0 aromatic heterocycles. The molecule has 1 saturated heterocycles. The Balaban J connectivity index is 2.00. The third-order valence-corrected chi connectivity index (χ3v) is 3.73. The molecule has 0 bridgehead atoms. The Hall–Kier alpha value is -1.00. The van der Waals surface area contributed by atoms with Gasteiger partial charge in [-0.2, -0.15) is 0 Å². The normalized spacial score (nSPS) is 25.9. The molecule has 0 saturated carbocycles. The predicted molar refractivity (Wildman–Crippen MR) is 72.9 cm³/mol. The topological polar surface area (TPSA) is 15.3 Å². The quantitative estimate of drug-likeness (QED) is 0.887. The first-order chi connectivity index (χ1) is 9.04. The van der Waals surface area contributed by atoms with Gasteiger partial charge < -0.3 is 5.32 Å². The SMILES string of the molecule is CC1CCN(Cc2ccc(F)cc2F)CCC(C)N1. The Morgan fingerprint density at radius 2 is 1.79 bits per heavy atom. The van der Waals surface area contributed by atoms with Crippen LogP contribution in [-0.4, -0.2) is 30.1 Å². The van der Waals surface area contributed by atoms with Crippen molar-refractivity contribution in [2.75, 3.05) is 13.1 Å². The molecule has 1 aliphatic heterocycles. The fraction of sp³-hybridized carbons (Fsp3) is 0.600. The van der Waals surface area contributed by atoms with Crippen molar-refractivity contribution in [1.82, 2.24) is 10.2 Å². The predicted octanol–water partition coefficient (Wildman–Crippen LogP) is 2.93. The lowest BCUT2D eigenvalue weighted by Gasteiger charge is -2.31. The van der Waals surface area contributed by atoms with Gasteiger partial charge in [-0.05, 0) is 45.8 Å². The molecular formula is C15H22F2N2. The van der Waals surface area contributed by atoms with Gasteiger partial charge in [0, 0.05) is 30.3 Å². The van der Waals surface area contributed by atoms with Gasteiger partial charge in [0.15, 0.2) is 0 Å². The molecule has 1 aromatic carbocycles. The second-order valence-corrected chi connectivity index (χ2v) is 5.56. The molecule has 19 heavy (non-hydrogen) atoms. The van der Waals surface area contributed by atoms with E-state index in [0.29, 0.717) is 24.2 Å². The van der Waals surface area contributed by atoms with E-state index in [2.05, 4.69) is 24.1 Å². The first kappa shape index (κ1) is 14.4. The zero-order valence-electron chi connectivity index (χ0n) is 11.6. The first-order valence-corrected chi connectivity index (χ1v) is 6.97. The van der Waals surface area contributed by atoms with Crippen molar-refractivity contribution >= 4 is 0 Å².